The maximum atomic E-state index is 12.6. The van der Waals surface area contributed by atoms with Crippen LogP contribution in [-0.4, -0.2) is 23.9 Å². The molecule has 1 saturated heterocycles. The monoisotopic (exact) mass is 307 g/mol. The highest BCUT2D eigenvalue weighted by Gasteiger charge is 2.22. The van der Waals surface area contributed by atoms with E-state index < -0.39 is 0 Å². The molecule has 0 radical (unpaired) electrons. The molecule has 1 heterocycles. The number of likely N-dealkylation sites (tertiary alicyclic amines) is 1. The Hall–Kier alpha value is -2.09. The number of rotatable bonds is 4. The highest BCUT2D eigenvalue weighted by Crippen LogP contribution is 2.26. The van der Waals surface area contributed by atoms with Crippen molar-refractivity contribution < 1.29 is 4.79 Å². The van der Waals surface area contributed by atoms with Gasteiger partial charge in [0, 0.05) is 25.4 Å². The van der Waals surface area contributed by atoms with E-state index in [1.54, 1.807) is 0 Å². The molecule has 2 heteroatoms. The van der Waals surface area contributed by atoms with E-state index in [-0.39, 0.29) is 0 Å². The summed E-state index contributed by atoms with van der Waals surface area (Å²) in [7, 11) is 0. The van der Waals surface area contributed by atoms with Gasteiger partial charge in [-0.15, -0.1) is 0 Å². The normalized spacial score (nSPS) is 18.4. The maximum Gasteiger partial charge on any atom is 0.222 e. The Labute approximate surface area is 139 Å². The highest BCUT2D eigenvalue weighted by molar-refractivity contribution is 5.76. The molecule has 0 bridgehead atoms. The molecule has 1 amide bonds. The highest BCUT2D eigenvalue weighted by atomic mass is 16.2. The lowest BCUT2D eigenvalue weighted by molar-refractivity contribution is -0.131. The molecule has 1 aliphatic heterocycles. The van der Waals surface area contributed by atoms with Crippen molar-refractivity contribution in [2.75, 3.05) is 13.1 Å². The maximum absolute atomic E-state index is 12.6. The molecule has 0 aromatic heterocycles. The molecule has 1 aliphatic rings. The molecular formula is C21H25NO. The molecule has 1 atom stereocenters. The number of amides is 1. The van der Waals surface area contributed by atoms with Crippen molar-refractivity contribution >= 4 is 5.91 Å². The molecule has 2 aromatic rings. The van der Waals surface area contributed by atoms with Crippen molar-refractivity contribution in [1.29, 1.82) is 0 Å². The second-order valence-electron chi connectivity index (χ2n) is 6.43. The van der Waals surface area contributed by atoms with Gasteiger partial charge in [0.2, 0.25) is 5.91 Å². The summed E-state index contributed by atoms with van der Waals surface area (Å²) in [6, 6.07) is 20.9. The number of nitrogens with zero attached hydrogens (tertiary/aromatic N) is 1. The van der Waals surface area contributed by atoms with E-state index in [0.717, 1.165) is 25.9 Å². The van der Waals surface area contributed by atoms with Crippen molar-refractivity contribution in [3.63, 3.8) is 0 Å². The molecular weight excluding hydrogens is 282 g/mol. The molecule has 0 spiro atoms. The second-order valence-corrected chi connectivity index (χ2v) is 6.43. The number of hydrogen-bond acceptors (Lipinski definition) is 1. The van der Waals surface area contributed by atoms with Crippen molar-refractivity contribution in [3.8, 4) is 0 Å². The number of benzene rings is 2. The number of carbonyl (C=O) groups is 1. The molecule has 0 aliphatic carbocycles. The molecule has 1 unspecified atom stereocenters. The summed E-state index contributed by atoms with van der Waals surface area (Å²) in [6.07, 6.45) is 4.98. The van der Waals surface area contributed by atoms with Crippen LogP contribution in [0.15, 0.2) is 60.7 Å². The Morgan fingerprint density at radius 2 is 1.65 bits per heavy atom. The quantitative estimate of drug-likeness (QED) is 0.819. The topological polar surface area (TPSA) is 20.3 Å². The van der Waals surface area contributed by atoms with E-state index in [1.165, 1.54) is 24.0 Å². The van der Waals surface area contributed by atoms with Crippen LogP contribution in [0.3, 0.4) is 0 Å². The molecule has 23 heavy (non-hydrogen) atoms. The lowest BCUT2D eigenvalue weighted by Gasteiger charge is -2.25. The fraction of sp³-hybridized carbons (Fsp3) is 0.381. The van der Waals surface area contributed by atoms with E-state index in [9.17, 15) is 4.79 Å². The van der Waals surface area contributed by atoms with Crippen LogP contribution in [-0.2, 0) is 11.2 Å². The van der Waals surface area contributed by atoms with Gasteiger partial charge in [-0.1, -0.05) is 67.1 Å². The van der Waals surface area contributed by atoms with Crippen molar-refractivity contribution in [2.24, 2.45) is 0 Å². The summed E-state index contributed by atoms with van der Waals surface area (Å²) >= 11 is 0. The van der Waals surface area contributed by atoms with Crippen LogP contribution < -0.4 is 0 Å². The average Bonchev–Trinajstić information content (AvgIpc) is 2.88. The first-order valence-corrected chi connectivity index (χ1v) is 8.69. The minimum absolute atomic E-state index is 0.302. The van der Waals surface area contributed by atoms with Gasteiger partial charge in [-0.2, -0.15) is 0 Å². The van der Waals surface area contributed by atoms with Crippen LogP contribution in [0.5, 0.6) is 0 Å². The van der Waals surface area contributed by atoms with Gasteiger partial charge in [0.1, 0.15) is 0 Å². The minimum Gasteiger partial charge on any atom is -0.342 e. The van der Waals surface area contributed by atoms with E-state index >= 15 is 0 Å². The molecule has 0 N–H and O–H groups in total. The van der Waals surface area contributed by atoms with Crippen LogP contribution in [0.2, 0.25) is 0 Å². The zero-order chi connectivity index (χ0) is 15.9. The van der Waals surface area contributed by atoms with Gasteiger partial charge in [-0.05, 0) is 30.4 Å². The SMILES string of the molecule is O=C(CCc1ccccc1)N1CCCCC(c2ccccc2)C1. The van der Waals surface area contributed by atoms with Gasteiger partial charge in [-0.3, -0.25) is 4.79 Å². The largest absolute Gasteiger partial charge is 0.342 e. The molecule has 1 fully saturated rings. The van der Waals surface area contributed by atoms with Crippen LogP contribution in [0.25, 0.3) is 0 Å². The predicted octanol–water partition coefficient (Wildman–Crippen LogP) is 4.42. The molecule has 3 rings (SSSR count). The second kappa shape index (κ2) is 7.96. The number of carbonyl (C=O) groups excluding carboxylic acids is 1. The smallest absolute Gasteiger partial charge is 0.222 e. The first kappa shape index (κ1) is 15.8. The van der Waals surface area contributed by atoms with Gasteiger partial charge in [0.15, 0.2) is 0 Å². The third-order valence-electron chi connectivity index (χ3n) is 4.77. The Bertz CT molecular complexity index is 608. The zero-order valence-electron chi connectivity index (χ0n) is 13.7. The van der Waals surface area contributed by atoms with Gasteiger partial charge >= 0.3 is 0 Å². The Morgan fingerprint density at radius 3 is 2.39 bits per heavy atom. The van der Waals surface area contributed by atoms with E-state index in [1.807, 2.05) is 18.2 Å². The predicted molar refractivity (Wildman–Crippen MR) is 94.4 cm³/mol. The summed E-state index contributed by atoms with van der Waals surface area (Å²) in [4.78, 5) is 14.7. The van der Waals surface area contributed by atoms with Crippen LogP contribution in [0, 0.1) is 0 Å². The molecule has 120 valence electrons. The van der Waals surface area contributed by atoms with E-state index in [0.29, 0.717) is 18.2 Å². The molecule has 0 saturated carbocycles. The fourth-order valence-corrected chi connectivity index (χ4v) is 3.42. The number of hydrogen-bond donors (Lipinski definition) is 0. The Balaban J connectivity index is 1.60. The van der Waals surface area contributed by atoms with Crippen molar-refractivity contribution in [2.45, 2.75) is 38.0 Å². The Morgan fingerprint density at radius 1 is 0.957 bits per heavy atom. The summed E-state index contributed by atoms with van der Waals surface area (Å²) in [5, 5.41) is 0. The zero-order valence-corrected chi connectivity index (χ0v) is 13.7. The standard InChI is InChI=1S/C21H25NO/c23-21(15-14-18-9-3-1-4-10-18)22-16-8-7-13-20(17-22)19-11-5-2-6-12-19/h1-6,9-12,20H,7-8,13-17H2. The van der Waals surface area contributed by atoms with Crippen molar-refractivity contribution in [1.82, 2.24) is 4.90 Å². The summed E-state index contributed by atoms with van der Waals surface area (Å²) in [6.45, 7) is 1.79. The van der Waals surface area contributed by atoms with E-state index in [2.05, 4.69) is 47.4 Å². The van der Waals surface area contributed by atoms with Crippen LogP contribution in [0.4, 0.5) is 0 Å². The molecule has 2 nitrogen and oxygen atoms in total. The average molecular weight is 307 g/mol. The lowest BCUT2D eigenvalue weighted by Crippen LogP contribution is -2.34. The van der Waals surface area contributed by atoms with E-state index in [4.69, 9.17) is 0 Å². The number of aryl methyl sites for hydroxylation is 1. The Kier molecular flexibility index (Phi) is 5.46. The third kappa shape index (κ3) is 4.44. The van der Waals surface area contributed by atoms with Gasteiger partial charge in [-0.25, -0.2) is 0 Å². The fourth-order valence-electron chi connectivity index (χ4n) is 3.42. The summed E-state index contributed by atoms with van der Waals surface area (Å²) in [5.41, 5.74) is 2.62. The first-order chi connectivity index (χ1) is 11.3. The van der Waals surface area contributed by atoms with Crippen LogP contribution >= 0.6 is 0 Å². The lowest BCUT2D eigenvalue weighted by atomic mass is 9.94. The van der Waals surface area contributed by atoms with Gasteiger partial charge in [0.05, 0.1) is 0 Å². The molecule has 2 aromatic carbocycles. The summed E-state index contributed by atoms with van der Waals surface area (Å²) < 4.78 is 0. The summed E-state index contributed by atoms with van der Waals surface area (Å²) in [5.74, 6) is 0.788. The minimum atomic E-state index is 0.302. The van der Waals surface area contributed by atoms with Gasteiger partial charge < -0.3 is 4.90 Å². The van der Waals surface area contributed by atoms with Crippen molar-refractivity contribution in [3.05, 3.63) is 71.8 Å². The van der Waals surface area contributed by atoms with Crippen LogP contribution in [0.1, 0.15) is 42.7 Å². The first-order valence-electron chi connectivity index (χ1n) is 8.69. The third-order valence-corrected chi connectivity index (χ3v) is 4.77. The van der Waals surface area contributed by atoms with Gasteiger partial charge in [0.25, 0.3) is 0 Å².